The predicted octanol–water partition coefficient (Wildman–Crippen LogP) is 3.70. The molecule has 0 fully saturated rings. The maximum atomic E-state index is 5.94. The third kappa shape index (κ3) is 3.32. The van der Waals surface area contributed by atoms with Gasteiger partial charge in [-0.1, -0.05) is 35.9 Å². The van der Waals surface area contributed by atoms with Crippen molar-refractivity contribution in [2.45, 2.75) is 6.54 Å². The van der Waals surface area contributed by atoms with Crippen molar-refractivity contribution in [2.24, 2.45) is 0 Å². The van der Waals surface area contributed by atoms with E-state index in [1.165, 1.54) is 0 Å². The van der Waals surface area contributed by atoms with Crippen LogP contribution in [-0.4, -0.2) is 15.3 Å². The van der Waals surface area contributed by atoms with Crippen LogP contribution in [0.2, 0.25) is 5.02 Å². The van der Waals surface area contributed by atoms with Gasteiger partial charge in [0, 0.05) is 22.6 Å². The Morgan fingerprint density at radius 2 is 2.10 bits per heavy atom. The largest absolute Gasteiger partial charge is 0.358 e. The maximum Gasteiger partial charge on any atom is 0.171 e. The molecule has 0 radical (unpaired) electrons. The lowest BCUT2D eigenvalue weighted by molar-refractivity contribution is 0.928. The summed E-state index contributed by atoms with van der Waals surface area (Å²) in [6, 6.07) is 13.5. The van der Waals surface area contributed by atoms with Gasteiger partial charge in [-0.3, -0.25) is 5.10 Å². The highest BCUT2D eigenvalue weighted by molar-refractivity contribution is 7.80. The quantitative estimate of drug-likeness (QED) is 0.645. The number of aromatic nitrogens is 2. The van der Waals surface area contributed by atoms with Crippen LogP contribution in [0.5, 0.6) is 0 Å². The highest BCUT2D eigenvalue weighted by atomic mass is 35.5. The number of H-pyrrole nitrogens is 1. The number of benzene rings is 2. The molecule has 0 saturated carbocycles. The van der Waals surface area contributed by atoms with E-state index in [4.69, 9.17) is 23.8 Å². The second-order valence-corrected chi connectivity index (χ2v) is 5.41. The zero-order valence-electron chi connectivity index (χ0n) is 11.1. The summed E-state index contributed by atoms with van der Waals surface area (Å²) in [5.41, 5.74) is 3.00. The zero-order valence-corrected chi connectivity index (χ0v) is 12.6. The van der Waals surface area contributed by atoms with Gasteiger partial charge in [0.1, 0.15) is 0 Å². The number of aromatic amines is 1. The molecule has 0 spiro atoms. The monoisotopic (exact) mass is 316 g/mol. The van der Waals surface area contributed by atoms with Crippen LogP contribution in [0.3, 0.4) is 0 Å². The Balaban J connectivity index is 1.65. The fourth-order valence-electron chi connectivity index (χ4n) is 2.09. The molecule has 3 N–H and O–H groups in total. The number of rotatable bonds is 3. The van der Waals surface area contributed by atoms with E-state index in [0.717, 1.165) is 22.2 Å². The van der Waals surface area contributed by atoms with Crippen molar-refractivity contribution in [1.29, 1.82) is 0 Å². The zero-order chi connectivity index (χ0) is 14.7. The first-order valence-corrected chi connectivity index (χ1v) is 7.22. The minimum absolute atomic E-state index is 0.550. The summed E-state index contributed by atoms with van der Waals surface area (Å²) in [4.78, 5) is 0. The van der Waals surface area contributed by atoms with Gasteiger partial charge in [0.25, 0.3) is 0 Å². The Labute approximate surface area is 132 Å². The summed E-state index contributed by atoms with van der Waals surface area (Å²) >= 11 is 11.2. The molecule has 0 amide bonds. The van der Waals surface area contributed by atoms with Crippen LogP contribution in [0.1, 0.15) is 5.56 Å². The molecule has 0 aliphatic carbocycles. The molecule has 2 aromatic carbocycles. The number of fused-ring (bicyclic) bond motifs is 1. The second-order valence-electron chi connectivity index (χ2n) is 4.57. The first kappa shape index (κ1) is 13.9. The number of nitrogens with zero attached hydrogens (tertiary/aromatic N) is 1. The second kappa shape index (κ2) is 6.11. The smallest absolute Gasteiger partial charge is 0.171 e. The fraction of sp³-hybridized carbons (Fsp3) is 0.0667. The molecular weight excluding hydrogens is 304 g/mol. The van der Waals surface area contributed by atoms with E-state index < -0.39 is 0 Å². The molecule has 4 nitrogen and oxygen atoms in total. The molecule has 0 aliphatic rings. The Kier molecular flexibility index (Phi) is 4.03. The summed E-state index contributed by atoms with van der Waals surface area (Å²) in [5.74, 6) is 0. The van der Waals surface area contributed by atoms with E-state index in [2.05, 4.69) is 20.8 Å². The van der Waals surface area contributed by atoms with Crippen molar-refractivity contribution in [1.82, 2.24) is 15.5 Å². The minimum atomic E-state index is 0.550. The Bertz CT molecular complexity index is 784. The lowest BCUT2D eigenvalue weighted by atomic mass is 10.1. The average Bonchev–Trinajstić information content (AvgIpc) is 2.94. The van der Waals surface area contributed by atoms with E-state index >= 15 is 0 Å². The molecule has 6 heteroatoms. The third-order valence-electron chi connectivity index (χ3n) is 3.08. The van der Waals surface area contributed by atoms with E-state index in [0.29, 0.717) is 16.7 Å². The van der Waals surface area contributed by atoms with Gasteiger partial charge in [-0.2, -0.15) is 5.10 Å². The van der Waals surface area contributed by atoms with Gasteiger partial charge in [-0.25, -0.2) is 0 Å². The number of hydrogen-bond acceptors (Lipinski definition) is 2. The van der Waals surface area contributed by atoms with Crippen LogP contribution in [0.15, 0.2) is 48.7 Å². The molecular formula is C15H13ClN4S. The van der Waals surface area contributed by atoms with Crippen LogP contribution in [0, 0.1) is 0 Å². The topological polar surface area (TPSA) is 52.7 Å². The number of nitrogens with one attached hydrogen (secondary N) is 3. The molecule has 3 aromatic rings. The predicted molar refractivity (Wildman–Crippen MR) is 90.6 cm³/mol. The molecule has 21 heavy (non-hydrogen) atoms. The summed E-state index contributed by atoms with van der Waals surface area (Å²) < 4.78 is 0. The van der Waals surface area contributed by atoms with E-state index in [9.17, 15) is 0 Å². The first-order valence-electron chi connectivity index (χ1n) is 6.44. The Hall–Kier alpha value is -2.11. The van der Waals surface area contributed by atoms with Crippen molar-refractivity contribution in [3.63, 3.8) is 0 Å². The van der Waals surface area contributed by atoms with Crippen molar-refractivity contribution in [3.8, 4) is 0 Å². The SMILES string of the molecule is S=C(NCc1cccc2cn[nH]c12)Nc1cccc(Cl)c1. The summed E-state index contributed by atoms with van der Waals surface area (Å²) in [5, 5.41) is 15.6. The number of anilines is 1. The molecule has 0 saturated heterocycles. The number of halogens is 1. The third-order valence-corrected chi connectivity index (χ3v) is 3.57. The number of para-hydroxylation sites is 1. The summed E-state index contributed by atoms with van der Waals surface area (Å²) in [6.07, 6.45) is 1.81. The van der Waals surface area contributed by atoms with Gasteiger partial charge in [-0.15, -0.1) is 0 Å². The Morgan fingerprint density at radius 3 is 2.95 bits per heavy atom. The number of hydrogen-bond donors (Lipinski definition) is 3. The highest BCUT2D eigenvalue weighted by Crippen LogP contribution is 2.16. The molecule has 3 rings (SSSR count). The molecule has 0 aliphatic heterocycles. The average molecular weight is 317 g/mol. The Morgan fingerprint density at radius 1 is 1.24 bits per heavy atom. The van der Waals surface area contributed by atoms with Gasteiger partial charge in [-0.05, 0) is 36.0 Å². The van der Waals surface area contributed by atoms with Gasteiger partial charge in [0.05, 0.1) is 11.7 Å². The summed E-state index contributed by atoms with van der Waals surface area (Å²) in [6.45, 7) is 0.617. The molecule has 1 aromatic heterocycles. The van der Waals surface area contributed by atoms with E-state index in [-0.39, 0.29) is 0 Å². The lowest BCUT2D eigenvalue weighted by Crippen LogP contribution is -2.27. The molecule has 0 atom stereocenters. The van der Waals surface area contributed by atoms with Crippen LogP contribution < -0.4 is 10.6 Å². The van der Waals surface area contributed by atoms with E-state index in [1.54, 1.807) is 6.20 Å². The molecule has 1 heterocycles. The minimum Gasteiger partial charge on any atom is -0.358 e. The van der Waals surface area contributed by atoms with Crippen LogP contribution in [-0.2, 0) is 6.54 Å². The highest BCUT2D eigenvalue weighted by Gasteiger charge is 2.04. The van der Waals surface area contributed by atoms with Crippen molar-refractivity contribution in [2.75, 3.05) is 5.32 Å². The standard InChI is InChI=1S/C15H13ClN4S/c16-12-5-2-6-13(7-12)19-15(21)17-8-10-3-1-4-11-9-18-20-14(10)11/h1-7,9H,8H2,(H,18,20)(H2,17,19,21). The molecule has 106 valence electrons. The van der Waals surface area contributed by atoms with E-state index in [1.807, 2.05) is 42.5 Å². The summed E-state index contributed by atoms with van der Waals surface area (Å²) in [7, 11) is 0. The van der Waals surface area contributed by atoms with Gasteiger partial charge < -0.3 is 10.6 Å². The molecule has 0 bridgehead atoms. The van der Waals surface area contributed by atoms with Crippen molar-refractivity contribution >= 4 is 45.5 Å². The lowest BCUT2D eigenvalue weighted by Gasteiger charge is -2.11. The van der Waals surface area contributed by atoms with Gasteiger partial charge in [0.2, 0.25) is 0 Å². The van der Waals surface area contributed by atoms with Crippen molar-refractivity contribution < 1.29 is 0 Å². The van der Waals surface area contributed by atoms with Crippen LogP contribution >= 0.6 is 23.8 Å². The van der Waals surface area contributed by atoms with Crippen LogP contribution in [0.25, 0.3) is 10.9 Å². The normalized spacial score (nSPS) is 10.5. The van der Waals surface area contributed by atoms with Gasteiger partial charge >= 0.3 is 0 Å². The van der Waals surface area contributed by atoms with Crippen molar-refractivity contribution in [3.05, 3.63) is 59.2 Å². The van der Waals surface area contributed by atoms with Crippen LogP contribution in [0.4, 0.5) is 5.69 Å². The van der Waals surface area contributed by atoms with Gasteiger partial charge in [0.15, 0.2) is 5.11 Å². The fourth-order valence-corrected chi connectivity index (χ4v) is 2.47. The maximum absolute atomic E-state index is 5.94. The molecule has 0 unspecified atom stereocenters. The first-order chi connectivity index (χ1) is 10.2. The number of thiocarbonyl (C=S) groups is 1.